The van der Waals surface area contributed by atoms with Crippen LogP contribution in [-0.4, -0.2) is 8.70 Å². The second-order valence-corrected chi connectivity index (χ2v) is 5.18. The fourth-order valence-electron chi connectivity index (χ4n) is 1.33. The van der Waals surface area contributed by atoms with Crippen LogP contribution in [0.2, 0.25) is 0 Å². The number of rotatable bonds is 1. The smallest absolute Gasteiger partial charge is 0.0683 e. The van der Waals surface area contributed by atoms with Gasteiger partial charge < -0.3 is 0 Å². The molecule has 1 fully saturated rings. The van der Waals surface area contributed by atoms with Crippen molar-refractivity contribution in [1.29, 1.82) is 0 Å². The molecule has 0 atom stereocenters. The molecule has 0 saturated carbocycles. The molecule has 1 rings (SSSR count). The number of hydrogen-bond acceptors (Lipinski definition) is 1. The van der Waals surface area contributed by atoms with Crippen molar-refractivity contribution in [3.8, 4) is 0 Å². The fraction of sp³-hybridized carbons (Fsp3) is 0.467. The van der Waals surface area contributed by atoms with Crippen molar-refractivity contribution in [3.63, 3.8) is 0 Å². The predicted molar refractivity (Wildman–Crippen MR) is 77.1 cm³/mol. The normalized spacial score (nSPS) is 17.1. The zero-order valence-electron chi connectivity index (χ0n) is 12.3. The van der Waals surface area contributed by atoms with E-state index in [9.17, 15) is 0 Å². The van der Waals surface area contributed by atoms with Crippen molar-refractivity contribution >= 4 is 8.70 Å². The van der Waals surface area contributed by atoms with Gasteiger partial charge in [-0.05, 0) is 0 Å². The molecule has 0 amide bonds. The Kier molecular flexibility index (Phi) is 13.8. The van der Waals surface area contributed by atoms with E-state index in [2.05, 4.69) is 58.5 Å². The second-order valence-electron chi connectivity index (χ2n) is 3.49. The third kappa shape index (κ3) is 9.08. The number of allylic oxidation sites excluding steroid dienone is 2. The van der Waals surface area contributed by atoms with Gasteiger partial charge in [0.1, 0.15) is 0 Å². The summed E-state index contributed by atoms with van der Waals surface area (Å²) in [4.78, 5) is 0. The van der Waals surface area contributed by atoms with Crippen molar-refractivity contribution in [2.45, 2.75) is 47.5 Å². The molecule has 1 aliphatic heterocycles. The summed E-state index contributed by atoms with van der Waals surface area (Å²) in [5, 5.41) is 3.32. The summed E-state index contributed by atoms with van der Waals surface area (Å²) in [5.41, 5.74) is 3.54. The van der Waals surface area contributed by atoms with Gasteiger partial charge in [0.05, 0.1) is 0 Å². The summed E-state index contributed by atoms with van der Waals surface area (Å²) in [5.74, 6) is 0. The van der Waals surface area contributed by atoms with Gasteiger partial charge in [-0.2, -0.15) is 0 Å². The first-order chi connectivity index (χ1) is 8.49. The Morgan fingerprint density at radius 1 is 1.11 bits per heavy atom. The molecular weight excluding hydrogens is 296 g/mol. The largest absolute Gasteiger partial charge is 0.0683 e. The van der Waals surface area contributed by atoms with E-state index in [-0.39, 0.29) is 0 Å². The van der Waals surface area contributed by atoms with E-state index in [1.165, 1.54) is 19.8 Å². The van der Waals surface area contributed by atoms with Crippen LogP contribution in [0, 0.1) is 0 Å². The van der Waals surface area contributed by atoms with Crippen LogP contribution in [0.3, 0.4) is 0 Å². The Bertz CT molecular complexity index is 352. The molecule has 0 bridgehead atoms. The van der Waals surface area contributed by atoms with Gasteiger partial charge in [-0.25, -0.2) is 0 Å². The summed E-state index contributed by atoms with van der Waals surface area (Å²) < 4.78 is 2.41. The summed E-state index contributed by atoms with van der Waals surface area (Å²) in [7, 11) is 0. The van der Waals surface area contributed by atoms with Gasteiger partial charge in [-0.1, -0.05) is 27.7 Å². The van der Waals surface area contributed by atoms with Crippen LogP contribution in [-0.2, 0) is 34.0 Å². The van der Waals surface area contributed by atoms with Gasteiger partial charge in [0, 0.05) is 0 Å². The maximum atomic E-state index is 4.09. The molecule has 1 nitrogen and oxygen atoms in total. The Morgan fingerprint density at radius 3 is 2.00 bits per heavy atom. The molecule has 0 aromatic carbocycles. The molecule has 1 aliphatic rings. The second kappa shape index (κ2) is 12.1. The molecule has 1 heterocycles. The van der Waals surface area contributed by atoms with Gasteiger partial charge in [0.15, 0.2) is 0 Å². The maximum Gasteiger partial charge on any atom is -0.0683 e. The van der Waals surface area contributed by atoms with E-state index >= 15 is 0 Å². The first kappa shape index (κ1) is 20.4. The molecule has 0 spiro atoms. The Balaban J connectivity index is 0. The average Bonchev–Trinajstić information content (AvgIpc) is 2.42. The van der Waals surface area contributed by atoms with Crippen LogP contribution in [0.5, 0.6) is 0 Å². The van der Waals surface area contributed by atoms with Gasteiger partial charge >= 0.3 is 104 Å². The van der Waals surface area contributed by atoms with E-state index in [1.807, 2.05) is 34.6 Å². The predicted octanol–water partition coefficient (Wildman–Crippen LogP) is 3.83. The summed E-state index contributed by atoms with van der Waals surface area (Å²) in [6.45, 7) is 18.0. The van der Waals surface area contributed by atoms with Gasteiger partial charge in [-0.3, -0.25) is 0 Å². The number of hydrogen-bond donors (Lipinski definition) is 1. The van der Waals surface area contributed by atoms with Gasteiger partial charge in [-0.15, -0.1) is 0 Å². The van der Waals surface area contributed by atoms with Crippen LogP contribution in [0.25, 0.3) is 0 Å². The quantitative estimate of drug-likeness (QED) is 0.774. The maximum absolute atomic E-state index is 4.09. The molecule has 0 aromatic rings. The third-order valence-corrected chi connectivity index (χ3v) is 2.75. The van der Waals surface area contributed by atoms with E-state index in [4.69, 9.17) is 0 Å². The van der Waals surface area contributed by atoms with E-state index in [0.29, 0.717) is 0 Å². The molecule has 0 aromatic heterocycles. The summed E-state index contributed by atoms with van der Waals surface area (Å²) in [6, 6.07) is 0. The van der Waals surface area contributed by atoms with Crippen molar-refractivity contribution in [3.05, 3.63) is 36.0 Å². The minimum absolute atomic E-state index is 0.903. The molecule has 0 radical (unpaired) electrons. The first-order valence-electron chi connectivity index (χ1n) is 6.40. The molecule has 0 unspecified atom stereocenters. The van der Waals surface area contributed by atoms with Gasteiger partial charge in [0.2, 0.25) is 0 Å². The van der Waals surface area contributed by atoms with E-state index in [1.54, 1.807) is 0 Å². The average molecular weight is 321 g/mol. The van der Waals surface area contributed by atoms with Gasteiger partial charge in [0.25, 0.3) is 0 Å². The molecule has 0 aliphatic carbocycles. The standard InChI is InChI=1S/C11H13N.2C2H6.2V/c1-9(2)8-11-5-7-12-6-4-10(11)3;2*1-2;;/h8,12H,1,3-5H2,2H3;2*1-2H3;;/b11-8-;;;;. The fourth-order valence-corrected chi connectivity index (χ4v) is 2.54. The minimum atomic E-state index is 0.903. The zero-order valence-corrected chi connectivity index (χ0v) is 15.1. The SMILES string of the molecule is C=C(C)/C=C1/C[C](=[V])N[C](=[V])CC1=C.CC.CC. The summed E-state index contributed by atoms with van der Waals surface area (Å²) >= 11 is 5.13. The first-order valence-corrected chi connectivity index (χ1v) is 7.79. The van der Waals surface area contributed by atoms with Crippen molar-refractivity contribution in [2.75, 3.05) is 0 Å². The Hall–Kier alpha value is 0.0888. The molecular formula is C15H25NV2. The third-order valence-electron chi connectivity index (χ3n) is 1.90. The Labute approximate surface area is 131 Å². The Morgan fingerprint density at radius 2 is 1.56 bits per heavy atom. The number of nitrogens with one attached hydrogen (secondary N) is 1. The van der Waals surface area contributed by atoms with Crippen LogP contribution >= 0.6 is 0 Å². The van der Waals surface area contributed by atoms with Crippen molar-refractivity contribution in [1.82, 2.24) is 5.32 Å². The molecule has 1 saturated heterocycles. The van der Waals surface area contributed by atoms with Crippen molar-refractivity contribution < 1.29 is 34.0 Å². The van der Waals surface area contributed by atoms with E-state index in [0.717, 1.165) is 18.4 Å². The van der Waals surface area contributed by atoms with Crippen molar-refractivity contribution in [2.24, 2.45) is 0 Å². The zero-order chi connectivity index (χ0) is 14.7. The van der Waals surface area contributed by atoms with Crippen LogP contribution in [0.4, 0.5) is 0 Å². The molecule has 100 valence electrons. The monoisotopic (exact) mass is 321 g/mol. The topological polar surface area (TPSA) is 12.0 Å². The summed E-state index contributed by atoms with van der Waals surface area (Å²) in [6.07, 6.45) is 3.94. The minimum Gasteiger partial charge on any atom is -0.0683 e. The van der Waals surface area contributed by atoms with E-state index < -0.39 is 0 Å². The van der Waals surface area contributed by atoms with Crippen LogP contribution in [0.15, 0.2) is 36.0 Å². The molecule has 1 N–H and O–H groups in total. The van der Waals surface area contributed by atoms with Crippen LogP contribution < -0.4 is 5.32 Å². The molecule has 18 heavy (non-hydrogen) atoms. The van der Waals surface area contributed by atoms with Crippen LogP contribution in [0.1, 0.15) is 47.5 Å². The molecule has 3 heteroatoms.